The molecule has 1 aliphatic rings. The van der Waals surface area contributed by atoms with Gasteiger partial charge in [0.15, 0.2) is 0 Å². The molecule has 0 saturated carbocycles. The van der Waals surface area contributed by atoms with E-state index in [0.717, 1.165) is 12.8 Å². The maximum absolute atomic E-state index is 12.3. The average Bonchev–Trinajstić information content (AvgIpc) is 2.93. The molecule has 6 heteroatoms. The zero-order valence-electron chi connectivity index (χ0n) is 10.6. The Hall–Kier alpha value is -1.66. The van der Waals surface area contributed by atoms with Crippen molar-refractivity contribution >= 4 is 10.0 Å². The lowest BCUT2D eigenvalue weighted by molar-refractivity contribution is 0.555. The van der Waals surface area contributed by atoms with Crippen LogP contribution in [0.5, 0.6) is 0 Å². The van der Waals surface area contributed by atoms with Crippen molar-refractivity contribution in [2.24, 2.45) is 0 Å². The van der Waals surface area contributed by atoms with Crippen LogP contribution in [0.1, 0.15) is 16.8 Å². The predicted octanol–water partition coefficient (Wildman–Crippen LogP) is 1.16. The van der Waals surface area contributed by atoms with Gasteiger partial charge in [0.05, 0.1) is 11.9 Å². The molecule has 0 saturated heterocycles. The summed E-state index contributed by atoms with van der Waals surface area (Å²) in [6.45, 7) is 1.70. The van der Waals surface area contributed by atoms with Gasteiger partial charge in [0.25, 0.3) is 0 Å². The minimum Gasteiger partial charge on any atom is -0.281 e. The highest BCUT2D eigenvalue weighted by molar-refractivity contribution is 7.89. The van der Waals surface area contributed by atoms with E-state index < -0.39 is 10.0 Å². The maximum Gasteiger partial charge on any atom is 0.244 e. The minimum absolute atomic E-state index is 0.0725. The number of fused-ring (bicyclic) bond motifs is 1. The Morgan fingerprint density at radius 2 is 1.89 bits per heavy atom. The number of rotatable bonds is 3. The number of sulfonamides is 1. The second-order valence-electron chi connectivity index (χ2n) is 4.85. The summed E-state index contributed by atoms with van der Waals surface area (Å²) < 4.78 is 27.3. The number of benzene rings is 1. The lowest BCUT2D eigenvalue weighted by Crippen LogP contribution is -2.35. The molecule has 1 aromatic carbocycles. The number of hydrogen-bond donors (Lipinski definition) is 2. The Kier molecular flexibility index (Phi) is 2.91. The van der Waals surface area contributed by atoms with E-state index in [0.29, 0.717) is 5.69 Å². The Morgan fingerprint density at radius 1 is 1.26 bits per heavy atom. The maximum atomic E-state index is 12.3. The molecule has 0 atom stereocenters. The van der Waals surface area contributed by atoms with Crippen LogP contribution < -0.4 is 4.72 Å². The van der Waals surface area contributed by atoms with Gasteiger partial charge in [-0.3, -0.25) is 5.10 Å². The summed E-state index contributed by atoms with van der Waals surface area (Å²) in [5.74, 6) is 0. The van der Waals surface area contributed by atoms with Gasteiger partial charge in [-0.15, -0.1) is 0 Å². The van der Waals surface area contributed by atoms with Crippen LogP contribution >= 0.6 is 0 Å². The first-order valence-electron chi connectivity index (χ1n) is 6.15. The topological polar surface area (TPSA) is 74.8 Å². The first kappa shape index (κ1) is 12.4. The third kappa shape index (κ3) is 2.29. The molecule has 0 unspecified atom stereocenters. The molecule has 5 nitrogen and oxygen atoms in total. The highest BCUT2D eigenvalue weighted by atomic mass is 32.2. The van der Waals surface area contributed by atoms with Crippen LogP contribution in [0.25, 0.3) is 0 Å². The zero-order valence-corrected chi connectivity index (χ0v) is 11.4. The number of aryl methyl sites for hydroxylation is 1. The summed E-state index contributed by atoms with van der Waals surface area (Å²) in [6.07, 6.45) is 2.83. The van der Waals surface area contributed by atoms with Gasteiger partial charge in [-0.2, -0.15) is 5.10 Å². The van der Waals surface area contributed by atoms with Crippen LogP contribution in [0.15, 0.2) is 35.4 Å². The molecular weight excluding hydrogens is 262 g/mol. The van der Waals surface area contributed by atoms with E-state index >= 15 is 0 Å². The highest BCUT2D eigenvalue weighted by Crippen LogP contribution is 2.23. The molecule has 3 rings (SSSR count). The molecule has 1 heterocycles. The first-order chi connectivity index (χ1) is 9.06. The van der Waals surface area contributed by atoms with Crippen LogP contribution in [0.3, 0.4) is 0 Å². The van der Waals surface area contributed by atoms with Gasteiger partial charge in [0, 0.05) is 6.04 Å². The largest absolute Gasteiger partial charge is 0.281 e. The SMILES string of the molecule is Cc1[nH]ncc1S(=O)(=O)NC1Cc2ccccc2C1. The van der Waals surface area contributed by atoms with Crippen molar-refractivity contribution in [3.8, 4) is 0 Å². The summed E-state index contributed by atoms with van der Waals surface area (Å²) in [4.78, 5) is 0.225. The normalized spacial score (nSPS) is 15.6. The fourth-order valence-corrected chi connectivity index (χ4v) is 3.91. The Bertz CT molecular complexity index is 681. The number of aromatic amines is 1. The molecule has 0 bridgehead atoms. The van der Waals surface area contributed by atoms with Gasteiger partial charge < -0.3 is 0 Å². The van der Waals surface area contributed by atoms with Gasteiger partial charge in [-0.05, 0) is 30.9 Å². The number of nitrogens with zero attached hydrogens (tertiary/aromatic N) is 1. The average molecular weight is 277 g/mol. The Balaban J connectivity index is 1.80. The third-order valence-electron chi connectivity index (χ3n) is 3.45. The number of hydrogen-bond acceptors (Lipinski definition) is 3. The predicted molar refractivity (Wildman–Crippen MR) is 71.3 cm³/mol. The number of H-pyrrole nitrogens is 1. The van der Waals surface area contributed by atoms with Gasteiger partial charge in [0.2, 0.25) is 10.0 Å². The molecule has 0 aliphatic heterocycles. The third-order valence-corrected chi connectivity index (χ3v) is 5.08. The second kappa shape index (κ2) is 4.47. The van der Waals surface area contributed by atoms with Crippen molar-refractivity contribution in [3.63, 3.8) is 0 Å². The smallest absolute Gasteiger partial charge is 0.244 e. The van der Waals surface area contributed by atoms with Crippen molar-refractivity contribution in [2.75, 3.05) is 0 Å². The van der Waals surface area contributed by atoms with E-state index in [1.54, 1.807) is 6.92 Å². The van der Waals surface area contributed by atoms with Gasteiger partial charge in [-0.25, -0.2) is 13.1 Å². The molecule has 2 N–H and O–H groups in total. The van der Waals surface area contributed by atoms with Crippen molar-refractivity contribution in [1.29, 1.82) is 0 Å². The lowest BCUT2D eigenvalue weighted by Gasteiger charge is -2.11. The fourth-order valence-electron chi connectivity index (χ4n) is 2.54. The monoisotopic (exact) mass is 277 g/mol. The van der Waals surface area contributed by atoms with Crippen molar-refractivity contribution in [3.05, 3.63) is 47.3 Å². The van der Waals surface area contributed by atoms with E-state index in [1.165, 1.54) is 17.3 Å². The van der Waals surface area contributed by atoms with E-state index in [4.69, 9.17) is 0 Å². The van der Waals surface area contributed by atoms with Crippen LogP contribution in [0, 0.1) is 6.92 Å². The molecule has 1 aliphatic carbocycles. The molecule has 1 aromatic heterocycles. The lowest BCUT2D eigenvalue weighted by atomic mass is 10.1. The summed E-state index contributed by atoms with van der Waals surface area (Å²) in [7, 11) is -3.49. The molecule has 19 heavy (non-hydrogen) atoms. The molecule has 0 spiro atoms. The minimum atomic E-state index is -3.49. The van der Waals surface area contributed by atoms with Crippen molar-refractivity contribution < 1.29 is 8.42 Å². The first-order valence-corrected chi connectivity index (χ1v) is 7.63. The van der Waals surface area contributed by atoms with Crippen LogP contribution in [-0.2, 0) is 22.9 Å². The summed E-state index contributed by atoms with van der Waals surface area (Å²) in [5, 5.41) is 6.41. The van der Waals surface area contributed by atoms with Gasteiger partial charge in [-0.1, -0.05) is 24.3 Å². The molecule has 0 amide bonds. The molecular formula is C13H15N3O2S. The van der Waals surface area contributed by atoms with Crippen molar-refractivity contribution in [2.45, 2.75) is 30.7 Å². The molecule has 100 valence electrons. The second-order valence-corrected chi connectivity index (χ2v) is 6.54. The molecule has 0 radical (unpaired) electrons. The molecule has 0 fully saturated rings. The Morgan fingerprint density at radius 3 is 2.42 bits per heavy atom. The Labute approximate surface area is 112 Å². The number of aromatic nitrogens is 2. The highest BCUT2D eigenvalue weighted by Gasteiger charge is 2.27. The van der Waals surface area contributed by atoms with Crippen LogP contribution in [0.4, 0.5) is 0 Å². The summed E-state index contributed by atoms with van der Waals surface area (Å²) in [5.41, 5.74) is 3.00. The molecule has 2 aromatic rings. The summed E-state index contributed by atoms with van der Waals surface area (Å²) >= 11 is 0. The van der Waals surface area contributed by atoms with Gasteiger partial charge >= 0.3 is 0 Å². The van der Waals surface area contributed by atoms with E-state index in [-0.39, 0.29) is 10.9 Å². The standard InChI is InChI=1S/C13H15N3O2S/c1-9-13(8-14-15-9)19(17,18)16-12-6-10-4-2-3-5-11(10)7-12/h2-5,8,12,16H,6-7H2,1H3,(H,14,15). The quantitative estimate of drug-likeness (QED) is 0.884. The van der Waals surface area contributed by atoms with Crippen LogP contribution in [0.2, 0.25) is 0 Å². The fraction of sp³-hybridized carbons (Fsp3) is 0.308. The van der Waals surface area contributed by atoms with Crippen LogP contribution in [-0.4, -0.2) is 24.7 Å². The van der Waals surface area contributed by atoms with E-state index in [9.17, 15) is 8.42 Å². The van der Waals surface area contributed by atoms with E-state index in [1.807, 2.05) is 24.3 Å². The zero-order chi connectivity index (χ0) is 13.5. The van der Waals surface area contributed by atoms with E-state index in [2.05, 4.69) is 14.9 Å². The van der Waals surface area contributed by atoms with Crippen molar-refractivity contribution in [1.82, 2.24) is 14.9 Å². The van der Waals surface area contributed by atoms with Gasteiger partial charge in [0.1, 0.15) is 4.90 Å². The number of nitrogens with one attached hydrogen (secondary N) is 2. The summed E-state index contributed by atoms with van der Waals surface area (Å²) in [6, 6.07) is 7.99.